The predicted octanol–water partition coefficient (Wildman–Crippen LogP) is 3.59. The van der Waals surface area contributed by atoms with E-state index in [4.69, 9.17) is 4.74 Å². The summed E-state index contributed by atoms with van der Waals surface area (Å²) in [6, 6.07) is 6.14. The number of ether oxygens (including phenoxy) is 1. The van der Waals surface area contributed by atoms with Gasteiger partial charge in [-0.1, -0.05) is 20.8 Å². The summed E-state index contributed by atoms with van der Waals surface area (Å²) >= 11 is 0. The maximum atomic E-state index is 5.26. The summed E-state index contributed by atoms with van der Waals surface area (Å²) < 4.78 is 5.26. The molecule has 100 valence electrons. The second-order valence-electron chi connectivity index (χ2n) is 6.30. The van der Waals surface area contributed by atoms with E-state index in [-0.39, 0.29) is 0 Å². The molecule has 1 aliphatic rings. The first-order chi connectivity index (χ1) is 8.48. The van der Waals surface area contributed by atoms with Crippen LogP contribution in [0.1, 0.15) is 27.2 Å². The maximum absolute atomic E-state index is 5.26. The van der Waals surface area contributed by atoms with E-state index < -0.39 is 0 Å². The number of rotatable bonds is 2. The van der Waals surface area contributed by atoms with Crippen molar-refractivity contribution in [3.05, 3.63) is 18.2 Å². The first kappa shape index (κ1) is 13.1. The third-order valence-electron chi connectivity index (χ3n) is 3.29. The molecular formula is C15H24N2O. The molecule has 2 rings (SSSR count). The van der Waals surface area contributed by atoms with E-state index in [0.29, 0.717) is 11.3 Å². The number of benzene rings is 1. The molecule has 0 fully saturated rings. The molecule has 1 atom stereocenters. The van der Waals surface area contributed by atoms with E-state index in [9.17, 15) is 0 Å². The van der Waals surface area contributed by atoms with Crippen LogP contribution in [0.2, 0.25) is 0 Å². The molecule has 1 heterocycles. The van der Waals surface area contributed by atoms with Crippen molar-refractivity contribution in [3.8, 4) is 5.75 Å². The Bertz CT molecular complexity index is 409. The van der Waals surface area contributed by atoms with Crippen molar-refractivity contribution in [3.63, 3.8) is 0 Å². The highest BCUT2D eigenvalue weighted by Crippen LogP contribution is 2.32. The Hall–Kier alpha value is -1.38. The number of hydrogen-bond donors (Lipinski definition) is 2. The van der Waals surface area contributed by atoms with Crippen molar-refractivity contribution in [2.75, 3.05) is 30.8 Å². The summed E-state index contributed by atoms with van der Waals surface area (Å²) in [6.07, 6.45) is 1.22. The van der Waals surface area contributed by atoms with Crippen molar-refractivity contribution in [1.29, 1.82) is 0 Å². The van der Waals surface area contributed by atoms with Gasteiger partial charge in [-0.25, -0.2) is 0 Å². The molecule has 0 spiro atoms. The van der Waals surface area contributed by atoms with E-state index in [2.05, 4.69) is 43.5 Å². The van der Waals surface area contributed by atoms with Crippen LogP contribution in [0.25, 0.3) is 0 Å². The molecule has 0 saturated carbocycles. The fourth-order valence-corrected chi connectivity index (χ4v) is 2.54. The molecule has 2 N–H and O–H groups in total. The molecule has 18 heavy (non-hydrogen) atoms. The lowest BCUT2D eigenvalue weighted by molar-refractivity contribution is 0.310. The largest absolute Gasteiger partial charge is 0.497 e. The Morgan fingerprint density at radius 2 is 1.83 bits per heavy atom. The van der Waals surface area contributed by atoms with Crippen LogP contribution in [0.15, 0.2) is 18.2 Å². The number of anilines is 2. The maximum Gasteiger partial charge on any atom is 0.121 e. The predicted molar refractivity (Wildman–Crippen MR) is 77.5 cm³/mol. The molecule has 3 heteroatoms. The Labute approximate surface area is 110 Å². The van der Waals surface area contributed by atoms with Gasteiger partial charge >= 0.3 is 0 Å². The summed E-state index contributed by atoms with van der Waals surface area (Å²) in [5.74, 6) is 1.56. The van der Waals surface area contributed by atoms with Gasteiger partial charge in [-0.2, -0.15) is 0 Å². The van der Waals surface area contributed by atoms with Gasteiger partial charge in [0.25, 0.3) is 0 Å². The van der Waals surface area contributed by atoms with E-state index in [1.54, 1.807) is 7.11 Å². The second-order valence-corrected chi connectivity index (χ2v) is 6.30. The van der Waals surface area contributed by atoms with Gasteiger partial charge in [0.05, 0.1) is 18.5 Å². The van der Waals surface area contributed by atoms with Crippen molar-refractivity contribution in [2.45, 2.75) is 27.2 Å². The Morgan fingerprint density at radius 3 is 2.44 bits per heavy atom. The number of hydrogen-bond acceptors (Lipinski definition) is 3. The Morgan fingerprint density at radius 1 is 1.17 bits per heavy atom. The van der Waals surface area contributed by atoms with E-state index in [1.807, 2.05) is 6.07 Å². The lowest BCUT2D eigenvalue weighted by Crippen LogP contribution is -2.24. The van der Waals surface area contributed by atoms with Gasteiger partial charge in [0.1, 0.15) is 5.75 Å². The standard InChI is InChI=1S/C15H24N2O/c1-15(2,3)8-11-9-16-13-6-5-12(18-4)7-14(13)17-10-11/h5-7,11,16-17H,8-10H2,1-4H3. The SMILES string of the molecule is COc1ccc2c(c1)NCC(CC(C)(C)C)CN2. The second kappa shape index (κ2) is 5.09. The highest BCUT2D eigenvalue weighted by molar-refractivity contribution is 5.71. The quantitative estimate of drug-likeness (QED) is 0.839. The summed E-state index contributed by atoms with van der Waals surface area (Å²) in [7, 11) is 1.70. The van der Waals surface area contributed by atoms with Crippen LogP contribution in [0.3, 0.4) is 0 Å². The summed E-state index contributed by atoms with van der Waals surface area (Å²) in [6.45, 7) is 8.95. The number of nitrogens with one attached hydrogen (secondary N) is 2. The minimum absolute atomic E-state index is 0.377. The molecule has 1 aliphatic heterocycles. The van der Waals surface area contributed by atoms with Gasteiger partial charge in [0.2, 0.25) is 0 Å². The minimum atomic E-state index is 0.377. The summed E-state index contributed by atoms with van der Waals surface area (Å²) in [4.78, 5) is 0. The zero-order chi connectivity index (χ0) is 13.2. The molecule has 0 aliphatic carbocycles. The van der Waals surface area contributed by atoms with Crippen molar-refractivity contribution in [1.82, 2.24) is 0 Å². The average molecular weight is 248 g/mol. The zero-order valence-electron chi connectivity index (χ0n) is 11.8. The lowest BCUT2D eigenvalue weighted by Gasteiger charge is -2.25. The lowest BCUT2D eigenvalue weighted by atomic mass is 9.84. The van der Waals surface area contributed by atoms with Crippen LogP contribution in [0.4, 0.5) is 11.4 Å². The molecule has 3 nitrogen and oxygen atoms in total. The third-order valence-corrected chi connectivity index (χ3v) is 3.29. The van der Waals surface area contributed by atoms with Crippen LogP contribution in [0.5, 0.6) is 5.75 Å². The van der Waals surface area contributed by atoms with Crippen LogP contribution in [0, 0.1) is 11.3 Å². The average Bonchev–Trinajstić information content (AvgIpc) is 2.49. The highest BCUT2D eigenvalue weighted by atomic mass is 16.5. The van der Waals surface area contributed by atoms with Gasteiger partial charge in [0, 0.05) is 19.2 Å². The van der Waals surface area contributed by atoms with Crippen LogP contribution in [-0.4, -0.2) is 20.2 Å². The molecule has 0 aromatic heterocycles. The van der Waals surface area contributed by atoms with Crippen molar-refractivity contribution < 1.29 is 4.74 Å². The fourth-order valence-electron chi connectivity index (χ4n) is 2.54. The summed E-state index contributed by atoms with van der Waals surface area (Å²) in [5.41, 5.74) is 2.69. The van der Waals surface area contributed by atoms with Gasteiger partial charge in [-0.3, -0.25) is 0 Å². The highest BCUT2D eigenvalue weighted by Gasteiger charge is 2.21. The van der Waals surface area contributed by atoms with Gasteiger partial charge in [-0.05, 0) is 29.9 Å². The first-order valence-corrected chi connectivity index (χ1v) is 6.64. The molecule has 0 bridgehead atoms. The molecule has 0 saturated heterocycles. The molecule has 1 aromatic rings. The Balaban J connectivity index is 2.07. The first-order valence-electron chi connectivity index (χ1n) is 6.64. The molecule has 1 aromatic carbocycles. The molecule has 0 amide bonds. The molecule has 0 radical (unpaired) electrons. The normalized spacial score (nSPS) is 19.2. The summed E-state index contributed by atoms with van der Waals surface area (Å²) in [5, 5.41) is 7.06. The monoisotopic (exact) mass is 248 g/mol. The van der Waals surface area contributed by atoms with E-state index >= 15 is 0 Å². The number of fused-ring (bicyclic) bond motifs is 1. The van der Waals surface area contributed by atoms with Gasteiger partial charge in [0.15, 0.2) is 0 Å². The molecule has 1 unspecified atom stereocenters. The van der Waals surface area contributed by atoms with Crippen LogP contribution < -0.4 is 15.4 Å². The van der Waals surface area contributed by atoms with E-state index in [0.717, 1.165) is 24.5 Å². The van der Waals surface area contributed by atoms with Crippen molar-refractivity contribution >= 4 is 11.4 Å². The zero-order valence-corrected chi connectivity index (χ0v) is 11.8. The minimum Gasteiger partial charge on any atom is -0.497 e. The smallest absolute Gasteiger partial charge is 0.121 e. The van der Waals surface area contributed by atoms with Crippen molar-refractivity contribution in [2.24, 2.45) is 11.3 Å². The van der Waals surface area contributed by atoms with Gasteiger partial charge in [-0.15, -0.1) is 0 Å². The number of methoxy groups -OCH3 is 1. The van der Waals surface area contributed by atoms with Crippen LogP contribution in [-0.2, 0) is 0 Å². The molecular weight excluding hydrogens is 224 g/mol. The van der Waals surface area contributed by atoms with E-state index in [1.165, 1.54) is 12.1 Å². The Kier molecular flexibility index (Phi) is 3.69. The third kappa shape index (κ3) is 3.31. The topological polar surface area (TPSA) is 33.3 Å². The fraction of sp³-hybridized carbons (Fsp3) is 0.600. The van der Waals surface area contributed by atoms with Gasteiger partial charge < -0.3 is 15.4 Å². The van der Waals surface area contributed by atoms with Crippen LogP contribution >= 0.6 is 0 Å².